The average Bonchev–Trinajstić information content (AvgIpc) is 3.81. The van der Waals surface area contributed by atoms with E-state index < -0.39 is 34.4 Å². The van der Waals surface area contributed by atoms with Gasteiger partial charge in [-0.15, -0.1) is 0 Å². The van der Waals surface area contributed by atoms with Gasteiger partial charge in [-0.05, 0) is 54.5 Å². The molecule has 2 saturated heterocycles. The Labute approximate surface area is 281 Å². The number of carbonyl (C=O) groups excluding carboxylic acids is 1. The van der Waals surface area contributed by atoms with E-state index in [1.54, 1.807) is 24.5 Å². The molecule has 3 aromatic carbocycles. The number of hydrogen-bond donors (Lipinski definition) is 2. The van der Waals surface area contributed by atoms with E-state index in [9.17, 15) is 18.3 Å². The summed E-state index contributed by atoms with van der Waals surface area (Å²) >= 11 is 0. The van der Waals surface area contributed by atoms with Gasteiger partial charge in [-0.25, -0.2) is 18.2 Å². The Bertz CT molecular complexity index is 1770. The molecule has 0 spiro atoms. The molecule has 1 aromatic heterocycles. The van der Waals surface area contributed by atoms with Crippen LogP contribution < -0.4 is 5.32 Å². The third kappa shape index (κ3) is 8.07. The second kappa shape index (κ2) is 15.2. The summed E-state index contributed by atoms with van der Waals surface area (Å²) in [6.07, 6.45) is 0.755. The van der Waals surface area contributed by atoms with Crippen molar-refractivity contribution in [2.45, 2.75) is 69.1 Å². The fourth-order valence-electron chi connectivity index (χ4n) is 6.45. The minimum absolute atomic E-state index is 0.0263. The summed E-state index contributed by atoms with van der Waals surface area (Å²) in [4.78, 5) is 17.8. The predicted octanol–water partition coefficient (Wildman–Crippen LogP) is 4.39. The maximum atomic E-state index is 14.2. The van der Waals surface area contributed by atoms with Gasteiger partial charge in [0, 0.05) is 19.6 Å². The number of fused-ring (bicyclic) bond motifs is 2. The molecule has 0 saturated carbocycles. The van der Waals surface area contributed by atoms with Crippen molar-refractivity contribution in [1.82, 2.24) is 19.2 Å². The van der Waals surface area contributed by atoms with Crippen LogP contribution in [-0.2, 0) is 43.6 Å². The number of nitrogens with one attached hydrogen (secondary N) is 1. The SMILES string of the molecule is CC(C)CN(C[C@@H](O)[C@H](Cc1ccccc1)NC(=O)O[C@H]1CO[C@H]2OCC[C@H]21)S(=O)(=O)c1ccc2ncn(CCc3ccccc3)c2c1. The highest BCUT2D eigenvalue weighted by atomic mass is 32.2. The molecule has 6 rings (SSSR count). The van der Waals surface area contributed by atoms with Crippen LogP contribution in [0.25, 0.3) is 11.0 Å². The van der Waals surface area contributed by atoms with Gasteiger partial charge in [0.05, 0.1) is 53.5 Å². The number of ether oxygens (including phenoxy) is 3. The Morgan fingerprint density at radius 3 is 2.50 bits per heavy atom. The highest BCUT2D eigenvalue weighted by Gasteiger charge is 2.44. The van der Waals surface area contributed by atoms with Crippen molar-refractivity contribution in [2.75, 3.05) is 26.3 Å². The molecule has 2 aliphatic heterocycles. The Kier molecular flexibility index (Phi) is 10.8. The van der Waals surface area contributed by atoms with E-state index in [-0.39, 0.29) is 49.1 Å². The first-order valence-electron chi connectivity index (χ1n) is 16.6. The van der Waals surface area contributed by atoms with Crippen molar-refractivity contribution in [2.24, 2.45) is 11.8 Å². The average molecular weight is 677 g/mol. The molecule has 2 aliphatic rings. The largest absolute Gasteiger partial charge is 0.443 e. The van der Waals surface area contributed by atoms with E-state index in [1.807, 2.05) is 66.9 Å². The van der Waals surface area contributed by atoms with Crippen molar-refractivity contribution in [3.05, 3.63) is 96.3 Å². The number of sulfonamides is 1. The summed E-state index contributed by atoms with van der Waals surface area (Å²) in [5.74, 6) is -0.0616. The molecule has 48 heavy (non-hydrogen) atoms. The number of alkyl carbamates (subject to hydrolysis) is 1. The van der Waals surface area contributed by atoms with E-state index in [0.29, 0.717) is 24.2 Å². The third-order valence-corrected chi connectivity index (χ3v) is 10.8. The van der Waals surface area contributed by atoms with Crippen molar-refractivity contribution in [1.29, 1.82) is 0 Å². The molecule has 256 valence electrons. The minimum Gasteiger partial charge on any atom is -0.443 e. The molecule has 5 atom stereocenters. The Balaban J connectivity index is 1.21. The maximum absolute atomic E-state index is 14.2. The summed E-state index contributed by atoms with van der Waals surface area (Å²) < 4.78 is 48.7. The van der Waals surface area contributed by atoms with Gasteiger partial charge in [-0.2, -0.15) is 4.31 Å². The second-order valence-corrected chi connectivity index (χ2v) is 15.0. The molecule has 4 aromatic rings. The van der Waals surface area contributed by atoms with E-state index in [0.717, 1.165) is 18.4 Å². The molecule has 2 N–H and O–H groups in total. The van der Waals surface area contributed by atoms with Crippen LogP contribution in [0.2, 0.25) is 0 Å². The summed E-state index contributed by atoms with van der Waals surface area (Å²) in [6.45, 7) is 5.24. The number of aryl methyl sites for hydroxylation is 2. The number of aliphatic hydroxyl groups excluding tert-OH is 1. The molecule has 0 radical (unpaired) electrons. The number of amides is 1. The lowest BCUT2D eigenvalue weighted by atomic mass is 10.0. The molecule has 3 heterocycles. The summed E-state index contributed by atoms with van der Waals surface area (Å²) in [5, 5.41) is 14.5. The molecular weight excluding hydrogens is 632 g/mol. The van der Waals surface area contributed by atoms with Crippen molar-refractivity contribution in [3.63, 3.8) is 0 Å². The number of nitrogens with zero attached hydrogens (tertiary/aromatic N) is 3. The quantitative estimate of drug-likeness (QED) is 0.201. The van der Waals surface area contributed by atoms with Crippen LogP contribution in [-0.4, -0.2) is 84.3 Å². The maximum Gasteiger partial charge on any atom is 0.407 e. The van der Waals surface area contributed by atoms with Crippen molar-refractivity contribution >= 4 is 27.1 Å². The number of aromatic nitrogens is 2. The molecule has 1 amide bonds. The Morgan fingerprint density at radius 1 is 1.04 bits per heavy atom. The van der Waals surface area contributed by atoms with Crippen LogP contribution in [0.15, 0.2) is 90.1 Å². The van der Waals surface area contributed by atoms with Gasteiger partial charge < -0.3 is 29.2 Å². The van der Waals surface area contributed by atoms with E-state index in [4.69, 9.17) is 14.2 Å². The summed E-state index contributed by atoms with van der Waals surface area (Å²) in [5.41, 5.74) is 3.47. The molecule has 2 fully saturated rings. The summed E-state index contributed by atoms with van der Waals surface area (Å²) in [6, 6.07) is 23.6. The molecule has 0 bridgehead atoms. The predicted molar refractivity (Wildman–Crippen MR) is 181 cm³/mol. The fraction of sp³-hybridized carbons (Fsp3) is 0.444. The normalized spacial score (nSPS) is 20.6. The monoisotopic (exact) mass is 676 g/mol. The Morgan fingerprint density at radius 2 is 1.77 bits per heavy atom. The van der Waals surface area contributed by atoms with E-state index >= 15 is 0 Å². The first kappa shape index (κ1) is 34.1. The first-order valence-corrected chi connectivity index (χ1v) is 18.0. The molecule has 0 unspecified atom stereocenters. The smallest absolute Gasteiger partial charge is 0.407 e. The third-order valence-electron chi connectivity index (χ3n) is 8.98. The van der Waals surface area contributed by atoms with Gasteiger partial charge in [0.2, 0.25) is 10.0 Å². The van der Waals surface area contributed by atoms with Crippen LogP contribution >= 0.6 is 0 Å². The zero-order chi connectivity index (χ0) is 33.7. The molecule has 12 heteroatoms. The van der Waals surface area contributed by atoms with Gasteiger partial charge in [-0.3, -0.25) is 0 Å². The van der Waals surface area contributed by atoms with Crippen molar-refractivity contribution < 1.29 is 32.5 Å². The van der Waals surface area contributed by atoms with Crippen LogP contribution in [0.5, 0.6) is 0 Å². The van der Waals surface area contributed by atoms with Gasteiger partial charge >= 0.3 is 6.09 Å². The van der Waals surface area contributed by atoms with Crippen LogP contribution in [0.3, 0.4) is 0 Å². The number of carbonyl (C=O) groups is 1. The number of rotatable bonds is 14. The van der Waals surface area contributed by atoms with Crippen molar-refractivity contribution in [3.8, 4) is 0 Å². The van der Waals surface area contributed by atoms with Crippen LogP contribution in [0.4, 0.5) is 4.79 Å². The van der Waals surface area contributed by atoms with Gasteiger partial charge in [-0.1, -0.05) is 74.5 Å². The van der Waals surface area contributed by atoms with E-state index in [1.165, 1.54) is 9.87 Å². The minimum atomic E-state index is -4.05. The number of imidazole rings is 1. The lowest BCUT2D eigenvalue weighted by molar-refractivity contribution is -0.0907. The van der Waals surface area contributed by atoms with Crippen LogP contribution in [0, 0.1) is 11.8 Å². The number of benzene rings is 3. The van der Waals surface area contributed by atoms with Gasteiger partial charge in [0.1, 0.15) is 6.10 Å². The highest BCUT2D eigenvalue weighted by molar-refractivity contribution is 7.89. The number of aliphatic hydroxyl groups is 1. The molecule has 11 nitrogen and oxygen atoms in total. The topological polar surface area (TPSA) is 132 Å². The lowest BCUT2D eigenvalue weighted by Gasteiger charge is -2.31. The zero-order valence-electron chi connectivity index (χ0n) is 27.4. The second-order valence-electron chi connectivity index (χ2n) is 13.0. The first-order chi connectivity index (χ1) is 23.2. The molecule has 0 aliphatic carbocycles. The Hall–Kier alpha value is -3.81. The van der Waals surface area contributed by atoms with Gasteiger partial charge in [0.25, 0.3) is 0 Å². The van der Waals surface area contributed by atoms with E-state index in [2.05, 4.69) is 22.4 Å². The number of hydrogen-bond acceptors (Lipinski definition) is 8. The van der Waals surface area contributed by atoms with Crippen LogP contribution in [0.1, 0.15) is 31.4 Å². The highest BCUT2D eigenvalue weighted by Crippen LogP contribution is 2.33. The van der Waals surface area contributed by atoms with Gasteiger partial charge in [0.15, 0.2) is 6.29 Å². The lowest BCUT2D eigenvalue weighted by Crippen LogP contribution is -2.51. The standard InChI is InChI=1S/C36H44N4O7S/c1-25(2)21-40(48(43,44)28-13-14-30-32(20-28)39(24-37-30)17-15-26-9-5-3-6-10-26)22-33(41)31(19-27-11-7-4-8-12-27)38-36(42)47-34-23-46-35-29(34)16-18-45-35/h3-14,20,24-25,29,31,33-35,41H,15-19,21-23H2,1-2H3,(H,38,42)/t29-,31-,33+,34-,35+/m0/s1. The fourth-order valence-corrected chi connectivity index (χ4v) is 8.10. The molecular formula is C36H44N4O7S. The zero-order valence-corrected chi connectivity index (χ0v) is 28.2. The summed E-state index contributed by atoms with van der Waals surface area (Å²) in [7, 11) is -4.05.